The third-order valence-corrected chi connectivity index (χ3v) is 4.26. The van der Waals surface area contributed by atoms with Crippen LogP contribution in [0.1, 0.15) is 18.7 Å². The van der Waals surface area contributed by atoms with E-state index >= 15 is 0 Å². The van der Waals surface area contributed by atoms with Crippen LogP contribution in [0.4, 0.5) is 0 Å². The summed E-state index contributed by atoms with van der Waals surface area (Å²) >= 11 is 1.71. The largest absolute Gasteiger partial charge is 0.484 e. The summed E-state index contributed by atoms with van der Waals surface area (Å²) in [6.07, 6.45) is 0. The lowest BCUT2D eigenvalue weighted by Crippen LogP contribution is -2.38. The zero-order valence-corrected chi connectivity index (χ0v) is 12.6. The van der Waals surface area contributed by atoms with Crippen LogP contribution in [0.5, 0.6) is 5.75 Å². The summed E-state index contributed by atoms with van der Waals surface area (Å²) in [6.45, 7) is 4.89. The molecule has 106 valence electrons. The zero-order valence-electron chi connectivity index (χ0n) is 11.8. The summed E-state index contributed by atoms with van der Waals surface area (Å²) in [5, 5.41) is 4.98. The highest BCUT2D eigenvalue weighted by Crippen LogP contribution is 2.26. The van der Waals surface area contributed by atoms with Gasteiger partial charge in [0.15, 0.2) is 6.61 Å². The van der Waals surface area contributed by atoms with E-state index in [0.717, 1.165) is 0 Å². The lowest BCUT2D eigenvalue weighted by Gasteiger charge is -2.23. The maximum atomic E-state index is 11.8. The second kappa shape index (κ2) is 6.57. The van der Waals surface area contributed by atoms with Crippen LogP contribution >= 0.6 is 11.3 Å². The van der Waals surface area contributed by atoms with Gasteiger partial charge in [0.2, 0.25) is 0 Å². The average Bonchev–Trinajstić information content (AvgIpc) is 2.99. The molecule has 1 heterocycles. The van der Waals surface area contributed by atoms with Crippen molar-refractivity contribution in [1.82, 2.24) is 5.32 Å². The van der Waals surface area contributed by atoms with Crippen LogP contribution in [0.3, 0.4) is 0 Å². The number of carbonyl (C=O) groups is 1. The van der Waals surface area contributed by atoms with Gasteiger partial charge >= 0.3 is 0 Å². The second-order valence-electron chi connectivity index (χ2n) is 5.24. The Morgan fingerprint density at radius 1 is 1.20 bits per heavy atom. The molecule has 0 fully saturated rings. The van der Waals surface area contributed by atoms with Crippen molar-refractivity contribution in [2.24, 2.45) is 0 Å². The van der Waals surface area contributed by atoms with Gasteiger partial charge in [-0.3, -0.25) is 4.79 Å². The minimum atomic E-state index is -0.0986. The summed E-state index contributed by atoms with van der Waals surface area (Å²) in [6, 6.07) is 13.5. The number of amides is 1. The highest BCUT2D eigenvalue weighted by atomic mass is 32.1. The standard InChI is InChI=1S/C16H19NO2S/c1-16(2,14-9-6-10-20-14)12-17-15(18)11-19-13-7-4-3-5-8-13/h3-10H,11-12H2,1-2H3,(H,17,18). The fraction of sp³-hybridized carbons (Fsp3) is 0.312. The van der Waals surface area contributed by atoms with Crippen LogP contribution in [-0.2, 0) is 10.2 Å². The molecule has 3 nitrogen and oxygen atoms in total. The average molecular weight is 289 g/mol. The number of hydrogen-bond donors (Lipinski definition) is 1. The van der Waals surface area contributed by atoms with E-state index in [4.69, 9.17) is 4.74 Å². The summed E-state index contributed by atoms with van der Waals surface area (Å²) in [7, 11) is 0. The van der Waals surface area contributed by atoms with Crippen molar-refractivity contribution in [1.29, 1.82) is 0 Å². The number of benzene rings is 1. The highest BCUT2D eigenvalue weighted by molar-refractivity contribution is 7.10. The molecular formula is C16H19NO2S. The van der Waals surface area contributed by atoms with E-state index in [1.54, 1.807) is 11.3 Å². The van der Waals surface area contributed by atoms with Crippen LogP contribution in [0.15, 0.2) is 47.8 Å². The van der Waals surface area contributed by atoms with Crippen molar-refractivity contribution in [3.63, 3.8) is 0 Å². The Labute approximate surface area is 123 Å². The lowest BCUT2D eigenvalue weighted by atomic mass is 9.91. The van der Waals surface area contributed by atoms with Crippen LogP contribution in [0, 0.1) is 0 Å². The molecule has 0 aliphatic carbocycles. The lowest BCUT2D eigenvalue weighted by molar-refractivity contribution is -0.123. The van der Waals surface area contributed by atoms with Crippen molar-refractivity contribution in [2.45, 2.75) is 19.3 Å². The van der Waals surface area contributed by atoms with Gasteiger partial charge in [-0.1, -0.05) is 38.1 Å². The van der Waals surface area contributed by atoms with Crippen LogP contribution in [0.25, 0.3) is 0 Å². The Morgan fingerprint density at radius 3 is 2.60 bits per heavy atom. The number of thiophene rings is 1. The Hall–Kier alpha value is -1.81. The fourth-order valence-corrected chi connectivity index (χ4v) is 2.64. The molecule has 0 saturated heterocycles. The monoisotopic (exact) mass is 289 g/mol. The minimum Gasteiger partial charge on any atom is -0.484 e. The molecule has 1 aromatic heterocycles. The SMILES string of the molecule is CC(C)(CNC(=O)COc1ccccc1)c1cccs1. The normalized spacial score (nSPS) is 11.1. The number of rotatable bonds is 6. The zero-order chi connectivity index (χ0) is 14.4. The van der Waals surface area contributed by atoms with E-state index in [9.17, 15) is 4.79 Å². The first kappa shape index (κ1) is 14.6. The van der Waals surface area contributed by atoms with Gasteiger partial charge in [-0.15, -0.1) is 11.3 Å². The summed E-state index contributed by atoms with van der Waals surface area (Å²) in [4.78, 5) is 13.1. The molecule has 2 aromatic rings. The third kappa shape index (κ3) is 4.10. The van der Waals surface area contributed by atoms with Crippen LogP contribution in [0.2, 0.25) is 0 Å². The molecular weight excluding hydrogens is 270 g/mol. The van der Waals surface area contributed by atoms with Crippen molar-refractivity contribution < 1.29 is 9.53 Å². The molecule has 0 aliphatic rings. The predicted octanol–water partition coefficient (Wildman–Crippen LogP) is 3.22. The molecule has 0 spiro atoms. The van der Waals surface area contributed by atoms with E-state index in [1.807, 2.05) is 36.4 Å². The Balaban J connectivity index is 1.78. The number of para-hydroxylation sites is 1. The molecule has 2 rings (SSSR count). The molecule has 0 saturated carbocycles. The molecule has 0 atom stereocenters. The molecule has 1 N–H and O–H groups in total. The van der Waals surface area contributed by atoms with Crippen molar-refractivity contribution in [3.8, 4) is 5.75 Å². The molecule has 4 heteroatoms. The molecule has 0 bridgehead atoms. The minimum absolute atomic E-state index is 0.0462. The van der Waals surface area contributed by atoms with E-state index in [2.05, 4.69) is 30.6 Å². The Bertz CT molecular complexity index is 535. The maximum absolute atomic E-state index is 11.8. The Morgan fingerprint density at radius 2 is 1.95 bits per heavy atom. The van der Waals surface area contributed by atoms with E-state index in [-0.39, 0.29) is 17.9 Å². The topological polar surface area (TPSA) is 38.3 Å². The maximum Gasteiger partial charge on any atom is 0.257 e. The molecule has 0 unspecified atom stereocenters. The van der Waals surface area contributed by atoms with E-state index in [1.165, 1.54) is 4.88 Å². The number of ether oxygens (including phenoxy) is 1. The van der Waals surface area contributed by atoms with Gasteiger partial charge in [0.25, 0.3) is 5.91 Å². The quantitative estimate of drug-likeness (QED) is 0.886. The summed E-state index contributed by atoms with van der Waals surface area (Å²) in [5.74, 6) is 0.610. The second-order valence-corrected chi connectivity index (χ2v) is 6.19. The van der Waals surface area contributed by atoms with Gasteiger partial charge in [0.05, 0.1) is 0 Å². The smallest absolute Gasteiger partial charge is 0.257 e. The first-order valence-electron chi connectivity index (χ1n) is 6.56. The molecule has 1 amide bonds. The number of carbonyl (C=O) groups excluding carboxylic acids is 1. The number of hydrogen-bond acceptors (Lipinski definition) is 3. The van der Waals surface area contributed by atoms with Crippen LogP contribution < -0.4 is 10.1 Å². The van der Waals surface area contributed by atoms with Gasteiger partial charge < -0.3 is 10.1 Å². The predicted molar refractivity (Wildman–Crippen MR) is 82.3 cm³/mol. The summed E-state index contributed by atoms with van der Waals surface area (Å²) in [5.41, 5.74) is -0.0590. The van der Waals surface area contributed by atoms with Gasteiger partial charge in [-0.25, -0.2) is 0 Å². The fourth-order valence-electron chi connectivity index (χ4n) is 1.79. The third-order valence-electron chi connectivity index (χ3n) is 3.03. The van der Waals surface area contributed by atoms with E-state index < -0.39 is 0 Å². The van der Waals surface area contributed by atoms with Gasteiger partial charge in [0.1, 0.15) is 5.75 Å². The van der Waals surface area contributed by atoms with Gasteiger partial charge in [-0.05, 0) is 23.6 Å². The van der Waals surface area contributed by atoms with Crippen molar-refractivity contribution in [2.75, 3.05) is 13.2 Å². The first-order chi connectivity index (χ1) is 9.58. The molecule has 0 aliphatic heterocycles. The van der Waals surface area contributed by atoms with Crippen molar-refractivity contribution >= 4 is 17.2 Å². The highest BCUT2D eigenvalue weighted by Gasteiger charge is 2.22. The molecule has 0 radical (unpaired) electrons. The first-order valence-corrected chi connectivity index (χ1v) is 7.44. The van der Waals surface area contributed by atoms with Gasteiger partial charge in [0, 0.05) is 16.8 Å². The molecule has 20 heavy (non-hydrogen) atoms. The molecule has 1 aromatic carbocycles. The number of nitrogens with one attached hydrogen (secondary N) is 1. The van der Waals surface area contributed by atoms with E-state index in [0.29, 0.717) is 12.3 Å². The summed E-state index contributed by atoms with van der Waals surface area (Å²) < 4.78 is 5.41. The van der Waals surface area contributed by atoms with Gasteiger partial charge in [-0.2, -0.15) is 0 Å². The van der Waals surface area contributed by atoms with Crippen LogP contribution in [-0.4, -0.2) is 19.1 Å². The Kier molecular flexibility index (Phi) is 4.79. The van der Waals surface area contributed by atoms with Crippen molar-refractivity contribution in [3.05, 3.63) is 52.7 Å².